The molecule has 0 spiro atoms. The number of carbonyl (C=O) groups excluding carboxylic acids is 1. The van der Waals surface area contributed by atoms with Crippen molar-refractivity contribution in [3.8, 4) is 5.75 Å². The normalized spacial score (nSPS) is 17.1. The molecule has 21 heavy (non-hydrogen) atoms. The molecular weight excluding hydrogens is 292 g/mol. The molecule has 1 unspecified atom stereocenters. The molecular formula is C15H23ClN2O3. The van der Waals surface area contributed by atoms with Gasteiger partial charge in [0.2, 0.25) is 5.91 Å². The largest absolute Gasteiger partial charge is 0.491 e. The maximum Gasteiger partial charge on any atom is 0.248 e. The second kappa shape index (κ2) is 9.60. The minimum atomic E-state index is 0. The summed E-state index contributed by atoms with van der Waals surface area (Å²) in [5.74, 6) is 0.843. The van der Waals surface area contributed by atoms with E-state index >= 15 is 0 Å². The first-order chi connectivity index (χ1) is 9.77. The second-order valence-corrected chi connectivity index (χ2v) is 4.87. The molecule has 0 bridgehead atoms. The van der Waals surface area contributed by atoms with E-state index in [0.717, 1.165) is 25.3 Å². The number of carbonyl (C=O) groups is 1. The van der Waals surface area contributed by atoms with E-state index < -0.39 is 0 Å². The lowest BCUT2D eigenvalue weighted by atomic mass is 10.2. The van der Waals surface area contributed by atoms with Gasteiger partial charge < -0.3 is 19.7 Å². The lowest BCUT2D eigenvalue weighted by molar-refractivity contribution is -0.136. The van der Waals surface area contributed by atoms with E-state index in [2.05, 4.69) is 5.32 Å². The fourth-order valence-electron chi connectivity index (χ4n) is 2.17. The Labute approximate surface area is 132 Å². The lowest BCUT2D eigenvalue weighted by Gasteiger charge is -2.23. The van der Waals surface area contributed by atoms with Crippen LogP contribution in [0.25, 0.3) is 0 Å². The monoisotopic (exact) mass is 314 g/mol. The van der Waals surface area contributed by atoms with Crippen LogP contribution in [-0.2, 0) is 9.53 Å². The number of nitrogens with zero attached hydrogens (tertiary/aromatic N) is 1. The van der Waals surface area contributed by atoms with Gasteiger partial charge in [-0.3, -0.25) is 4.79 Å². The third kappa shape index (κ3) is 5.91. The fourth-order valence-corrected chi connectivity index (χ4v) is 2.17. The summed E-state index contributed by atoms with van der Waals surface area (Å²) in [6, 6.07) is 9.87. The smallest absolute Gasteiger partial charge is 0.248 e. The van der Waals surface area contributed by atoms with Gasteiger partial charge in [-0.05, 0) is 25.1 Å². The van der Waals surface area contributed by atoms with Crippen molar-refractivity contribution in [3.05, 3.63) is 30.3 Å². The zero-order valence-electron chi connectivity index (χ0n) is 12.3. The number of ether oxygens (including phenoxy) is 2. The molecule has 1 fully saturated rings. The van der Waals surface area contributed by atoms with Gasteiger partial charge in [-0.1, -0.05) is 18.2 Å². The van der Waals surface area contributed by atoms with Crippen LogP contribution >= 0.6 is 12.4 Å². The fraction of sp³-hybridized carbons (Fsp3) is 0.533. The molecule has 6 heteroatoms. The number of rotatable bonds is 7. The Kier molecular flexibility index (Phi) is 8.12. The van der Waals surface area contributed by atoms with Crippen LogP contribution in [0.1, 0.15) is 6.42 Å². The molecule has 5 nitrogen and oxygen atoms in total. The van der Waals surface area contributed by atoms with Crippen molar-refractivity contribution in [2.75, 3.05) is 40.0 Å². The van der Waals surface area contributed by atoms with Gasteiger partial charge in [-0.15, -0.1) is 12.4 Å². The number of para-hydroxylation sites is 1. The molecule has 0 aliphatic carbocycles. The Balaban J connectivity index is 0.00000220. The number of likely N-dealkylation sites (N-methyl/N-ethyl adjacent to an activating group) is 1. The van der Waals surface area contributed by atoms with E-state index in [1.54, 1.807) is 4.90 Å². The number of nitrogens with one attached hydrogen (secondary N) is 1. The summed E-state index contributed by atoms with van der Waals surface area (Å²) in [7, 11) is 1.84. The van der Waals surface area contributed by atoms with Gasteiger partial charge in [0.25, 0.3) is 0 Å². The number of hydrogen-bond acceptors (Lipinski definition) is 4. The molecule has 1 heterocycles. The summed E-state index contributed by atoms with van der Waals surface area (Å²) in [6.45, 7) is 2.84. The van der Waals surface area contributed by atoms with E-state index in [1.165, 1.54) is 0 Å². The standard InChI is InChI=1S/C15H22N2O3.ClH/c1-17(13-7-8-16-11-13)15(18)12-19-9-10-20-14-5-3-2-4-6-14;/h2-6,13,16H,7-12H2,1H3;1H. The number of amides is 1. The van der Waals surface area contributed by atoms with Crippen LogP contribution in [0.2, 0.25) is 0 Å². The van der Waals surface area contributed by atoms with Crippen molar-refractivity contribution in [3.63, 3.8) is 0 Å². The van der Waals surface area contributed by atoms with Crippen LogP contribution in [0, 0.1) is 0 Å². The first kappa shape index (κ1) is 17.8. The number of hydrogen-bond donors (Lipinski definition) is 1. The van der Waals surface area contributed by atoms with Crippen molar-refractivity contribution in [1.29, 1.82) is 0 Å². The Bertz CT molecular complexity index is 411. The molecule has 1 amide bonds. The van der Waals surface area contributed by atoms with Crippen LogP contribution in [0.5, 0.6) is 5.75 Å². The zero-order valence-corrected chi connectivity index (χ0v) is 13.1. The first-order valence-electron chi connectivity index (χ1n) is 6.99. The van der Waals surface area contributed by atoms with Gasteiger partial charge in [0.05, 0.1) is 6.61 Å². The van der Waals surface area contributed by atoms with E-state index in [1.807, 2.05) is 37.4 Å². The molecule has 1 aliphatic rings. The highest BCUT2D eigenvalue weighted by Crippen LogP contribution is 2.08. The molecule has 1 aromatic rings. The van der Waals surface area contributed by atoms with Crippen LogP contribution in [0.3, 0.4) is 0 Å². The minimum absolute atomic E-state index is 0. The van der Waals surface area contributed by atoms with Crippen molar-refractivity contribution >= 4 is 18.3 Å². The SMILES string of the molecule is CN(C(=O)COCCOc1ccccc1)C1CCNC1.Cl. The summed E-state index contributed by atoms with van der Waals surface area (Å²) < 4.78 is 10.8. The van der Waals surface area contributed by atoms with Crippen LogP contribution in [0.4, 0.5) is 0 Å². The van der Waals surface area contributed by atoms with E-state index in [9.17, 15) is 4.79 Å². The molecule has 1 N–H and O–H groups in total. The molecule has 2 rings (SSSR count). The summed E-state index contributed by atoms with van der Waals surface area (Å²) >= 11 is 0. The highest BCUT2D eigenvalue weighted by molar-refractivity contribution is 5.85. The van der Waals surface area contributed by atoms with Crippen molar-refractivity contribution in [2.45, 2.75) is 12.5 Å². The Morgan fingerprint density at radius 2 is 2.10 bits per heavy atom. The summed E-state index contributed by atoms with van der Waals surface area (Å²) in [5.41, 5.74) is 0. The maximum absolute atomic E-state index is 11.9. The highest BCUT2D eigenvalue weighted by atomic mass is 35.5. The Morgan fingerprint density at radius 1 is 1.33 bits per heavy atom. The van der Waals surface area contributed by atoms with Gasteiger partial charge in [-0.25, -0.2) is 0 Å². The van der Waals surface area contributed by atoms with Crippen LogP contribution < -0.4 is 10.1 Å². The Hall–Kier alpha value is -1.30. The predicted octanol–water partition coefficient (Wildman–Crippen LogP) is 1.32. The molecule has 0 saturated carbocycles. The number of benzene rings is 1. The van der Waals surface area contributed by atoms with Crippen molar-refractivity contribution in [1.82, 2.24) is 10.2 Å². The molecule has 118 valence electrons. The quantitative estimate of drug-likeness (QED) is 0.771. The summed E-state index contributed by atoms with van der Waals surface area (Å²) in [5, 5.41) is 3.25. The average molecular weight is 315 g/mol. The zero-order chi connectivity index (χ0) is 14.2. The van der Waals surface area contributed by atoms with Crippen LogP contribution in [0.15, 0.2) is 30.3 Å². The van der Waals surface area contributed by atoms with Gasteiger partial charge in [0.1, 0.15) is 19.0 Å². The maximum atomic E-state index is 11.9. The van der Waals surface area contributed by atoms with Gasteiger partial charge in [-0.2, -0.15) is 0 Å². The topological polar surface area (TPSA) is 50.8 Å². The number of halogens is 1. The van der Waals surface area contributed by atoms with E-state index in [-0.39, 0.29) is 24.9 Å². The van der Waals surface area contributed by atoms with E-state index in [4.69, 9.17) is 9.47 Å². The highest BCUT2D eigenvalue weighted by Gasteiger charge is 2.22. The molecule has 0 aromatic heterocycles. The average Bonchev–Trinajstić information content (AvgIpc) is 3.01. The molecule has 1 aliphatic heterocycles. The van der Waals surface area contributed by atoms with Gasteiger partial charge in [0.15, 0.2) is 0 Å². The first-order valence-corrected chi connectivity index (χ1v) is 6.99. The molecule has 1 saturated heterocycles. The van der Waals surface area contributed by atoms with E-state index in [0.29, 0.717) is 19.3 Å². The minimum Gasteiger partial charge on any atom is -0.491 e. The Morgan fingerprint density at radius 3 is 2.76 bits per heavy atom. The third-order valence-electron chi connectivity index (χ3n) is 3.44. The van der Waals surface area contributed by atoms with Crippen molar-refractivity contribution < 1.29 is 14.3 Å². The molecule has 0 radical (unpaired) electrons. The lowest BCUT2D eigenvalue weighted by Crippen LogP contribution is -2.40. The summed E-state index contributed by atoms with van der Waals surface area (Å²) in [4.78, 5) is 13.7. The second-order valence-electron chi connectivity index (χ2n) is 4.87. The third-order valence-corrected chi connectivity index (χ3v) is 3.44. The van der Waals surface area contributed by atoms with Crippen molar-refractivity contribution in [2.24, 2.45) is 0 Å². The van der Waals surface area contributed by atoms with Gasteiger partial charge in [0, 0.05) is 19.6 Å². The molecule has 1 atom stereocenters. The predicted molar refractivity (Wildman–Crippen MR) is 84.0 cm³/mol. The van der Waals surface area contributed by atoms with Gasteiger partial charge >= 0.3 is 0 Å². The summed E-state index contributed by atoms with van der Waals surface area (Å²) in [6.07, 6.45) is 1.01. The molecule has 1 aromatic carbocycles. The van der Waals surface area contributed by atoms with Crippen LogP contribution in [-0.4, -0.2) is 56.8 Å².